The maximum Gasteiger partial charge on any atom is 0.341 e. The summed E-state index contributed by atoms with van der Waals surface area (Å²) in [6, 6.07) is 0. The number of rotatable bonds is 7. The van der Waals surface area contributed by atoms with E-state index in [4.69, 9.17) is 9.47 Å². The van der Waals surface area contributed by atoms with Crippen LogP contribution in [0.3, 0.4) is 0 Å². The van der Waals surface area contributed by atoms with E-state index in [2.05, 4.69) is 15.5 Å². The van der Waals surface area contributed by atoms with Crippen LogP contribution in [-0.4, -0.2) is 67.7 Å². The first kappa shape index (κ1) is 23.7. The molecule has 2 fully saturated rings. The minimum atomic E-state index is -0.596. The largest absolute Gasteiger partial charge is 0.452 e. The standard InChI is InChI=1S/C22H33N3O5S/c1-15-16(2)31-20(24-17(3)26)19(15)21(28)30-13-18(27)23-14-22(7-5-4-6-8-22)25-9-11-29-12-10-25/h4-14H2,1-3H3,(H,23,27)(H,24,26). The molecule has 1 aliphatic heterocycles. The summed E-state index contributed by atoms with van der Waals surface area (Å²) in [6.45, 7) is 8.51. The highest BCUT2D eigenvalue weighted by Crippen LogP contribution is 2.34. The monoisotopic (exact) mass is 451 g/mol. The molecule has 0 atom stereocenters. The molecule has 1 saturated heterocycles. The van der Waals surface area contributed by atoms with Crippen molar-refractivity contribution in [2.45, 2.75) is 58.4 Å². The third kappa shape index (κ3) is 5.84. The molecule has 0 aromatic carbocycles. The molecule has 3 rings (SSSR count). The molecule has 2 heterocycles. The molecule has 0 unspecified atom stereocenters. The lowest BCUT2D eigenvalue weighted by molar-refractivity contribution is -0.125. The molecule has 1 aliphatic carbocycles. The Morgan fingerprint density at radius 3 is 2.45 bits per heavy atom. The fourth-order valence-corrected chi connectivity index (χ4v) is 5.59. The van der Waals surface area contributed by atoms with Gasteiger partial charge in [0.15, 0.2) is 6.61 Å². The number of nitrogens with zero attached hydrogens (tertiary/aromatic N) is 1. The van der Waals surface area contributed by atoms with Gasteiger partial charge in [0.2, 0.25) is 5.91 Å². The lowest BCUT2D eigenvalue weighted by Crippen LogP contribution is -2.59. The zero-order valence-corrected chi connectivity index (χ0v) is 19.5. The van der Waals surface area contributed by atoms with Crippen molar-refractivity contribution in [2.75, 3.05) is 44.8 Å². The second-order valence-corrected chi connectivity index (χ2v) is 9.63. The van der Waals surface area contributed by atoms with Gasteiger partial charge in [0.25, 0.3) is 5.91 Å². The Bertz CT molecular complexity index is 810. The number of ether oxygens (including phenoxy) is 2. The van der Waals surface area contributed by atoms with Gasteiger partial charge in [-0.1, -0.05) is 19.3 Å². The van der Waals surface area contributed by atoms with Crippen LogP contribution in [0.1, 0.15) is 59.8 Å². The molecule has 2 aliphatic rings. The Morgan fingerprint density at radius 1 is 1.13 bits per heavy atom. The predicted octanol–water partition coefficient (Wildman–Crippen LogP) is 2.63. The number of aryl methyl sites for hydroxylation is 1. The first-order chi connectivity index (χ1) is 14.8. The van der Waals surface area contributed by atoms with E-state index in [1.165, 1.54) is 24.7 Å². The highest BCUT2D eigenvalue weighted by atomic mass is 32.1. The molecule has 2 amide bonds. The Hall–Kier alpha value is -1.97. The highest BCUT2D eigenvalue weighted by molar-refractivity contribution is 7.16. The number of morpholine rings is 1. The van der Waals surface area contributed by atoms with Crippen LogP contribution in [0.4, 0.5) is 5.00 Å². The predicted molar refractivity (Wildman–Crippen MR) is 120 cm³/mol. The minimum Gasteiger partial charge on any atom is -0.452 e. The van der Waals surface area contributed by atoms with Crippen LogP contribution >= 0.6 is 11.3 Å². The SMILES string of the molecule is CC(=O)Nc1sc(C)c(C)c1C(=O)OCC(=O)NCC1(N2CCOCC2)CCCCC1. The average molecular weight is 452 g/mol. The van der Waals surface area contributed by atoms with Crippen molar-refractivity contribution in [2.24, 2.45) is 0 Å². The van der Waals surface area contributed by atoms with Gasteiger partial charge < -0.3 is 20.1 Å². The van der Waals surface area contributed by atoms with Crippen LogP contribution in [-0.2, 0) is 19.1 Å². The van der Waals surface area contributed by atoms with Gasteiger partial charge in [0, 0.05) is 37.0 Å². The summed E-state index contributed by atoms with van der Waals surface area (Å²) < 4.78 is 10.8. The van der Waals surface area contributed by atoms with Crippen molar-refractivity contribution in [3.63, 3.8) is 0 Å². The Labute approximate surface area is 187 Å². The smallest absolute Gasteiger partial charge is 0.341 e. The fraction of sp³-hybridized carbons (Fsp3) is 0.682. The van der Waals surface area contributed by atoms with Gasteiger partial charge >= 0.3 is 5.97 Å². The summed E-state index contributed by atoms with van der Waals surface area (Å²) in [6.07, 6.45) is 5.66. The van der Waals surface area contributed by atoms with Gasteiger partial charge in [0.05, 0.1) is 18.8 Å². The summed E-state index contributed by atoms with van der Waals surface area (Å²) >= 11 is 1.33. The van der Waals surface area contributed by atoms with Crippen LogP contribution in [0.5, 0.6) is 0 Å². The molecular weight excluding hydrogens is 418 g/mol. The number of thiophene rings is 1. The van der Waals surface area contributed by atoms with E-state index < -0.39 is 5.97 Å². The number of carbonyl (C=O) groups is 3. The zero-order chi connectivity index (χ0) is 22.4. The van der Waals surface area contributed by atoms with Crippen LogP contribution in [0.25, 0.3) is 0 Å². The van der Waals surface area contributed by atoms with Crippen molar-refractivity contribution in [1.29, 1.82) is 0 Å². The molecular formula is C22H33N3O5S. The van der Waals surface area contributed by atoms with Crippen molar-refractivity contribution >= 4 is 34.1 Å². The highest BCUT2D eigenvalue weighted by Gasteiger charge is 2.38. The Balaban J connectivity index is 1.57. The second kappa shape index (κ2) is 10.6. The summed E-state index contributed by atoms with van der Waals surface area (Å²) in [7, 11) is 0. The maximum absolute atomic E-state index is 12.6. The zero-order valence-electron chi connectivity index (χ0n) is 18.7. The topological polar surface area (TPSA) is 97.0 Å². The van der Waals surface area contributed by atoms with E-state index in [1.807, 2.05) is 13.8 Å². The fourth-order valence-electron chi connectivity index (χ4n) is 4.49. The van der Waals surface area contributed by atoms with E-state index >= 15 is 0 Å². The molecule has 31 heavy (non-hydrogen) atoms. The minimum absolute atomic E-state index is 0.0403. The number of anilines is 1. The second-order valence-electron chi connectivity index (χ2n) is 8.41. The molecule has 1 aromatic rings. The number of esters is 1. The van der Waals surface area contributed by atoms with E-state index in [9.17, 15) is 14.4 Å². The van der Waals surface area contributed by atoms with Crippen molar-refractivity contribution < 1.29 is 23.9 Å². The molecule has 0 bridgehead atoms. The molecule has 0 radical (unpaired) electrons. The molecule has 1 aromatic heterocycles. The first-order valence-corrected chi connectivity index (χ1v) is 11.8. The van der Waals surface area contributed by atoms with Gasteiger partial charge in [-0.05, 0) is 32.3 Å². The maximum atomic E-state index is 12.6. The molecule has 172 valence electrons. The number of amides is 2. The normalized spacial score (nSPS) is 18.9. The van der Waals surface area contributed by atoms with Crippen molar-refractivity contribution in [3.05, 3.63) is 16.0 Å². The number of nitrogens with one attached hydrogen (secondary N) is 2. The van der Waals surface area contributed by atoms with Crippen molar-refractivity contribution in [1.82, 2.24) is 10.2 Å². The summed E-state index contributed by atoms with van der Waals surface area (Å²) in [4.78, 5) is 40.0. The van der Waals surface area contributed by atoms with E-state index in [0.29, 0.717) is 17.1 Å². The summed E-state index contributed by atoms with van der Waals surface area (Å²) in [5.74, 6) is -1.16. The van der Waals surface area contributed by atoms with Gasteiger partial charge in [0.1, 0.15) is 5.00 Å². The molecule has 9 heteroatoms. The number of hydrogen-bond acceptors (Lipinski definition) is 7. The molecule has 0 spiro atoms. The molecule has 1 saturated carbocycles. The summed E-state index contributed by atoms with van der Waals surface area (Å²) in [5.41, 5.74) is 1.04. The van der Waals surface area contributed by atoms with E-state index in [1.54, 1.807) is 0 Å². The average Bonchev–Trinajstić information content (AvgIpc) is 3.04. The van der Waals surface area contributed by atoms with Crippen molar-refractivity contribution in [3.8, 4) is 0 Å². The molecule has 8 nitrogen and oxygen atoms in total. The number of carbonyl (C=O) groups excluding carboxylic acids is 3. The van der Waals surface area contributed by atoms with Gasteiger partial charge in [-0.2, -0.15) is 0 Å². The van der Waals surface area contributed by atoms with Gasteiger partial charge in [-0.3, -0.25) is 14.5 Å². The Kier molecular flexibility index (Phi) is 8.07. The lowest BCUT2D eigenvalue weighted by atomic mass is 9.79. The lowest BCUT2D eigenvalue weighted by Gasteiger charge is -2.48. The van der Waals surface area contributed by atoms with Crippen LogP contribution in [0, 0.1) is 13.8 Å². The van der Waals surface area contributed by atoms with E-state index in [-0.39, 0.29) is 24.0 Å². The van der Waals surface area contributed by atoms with Crippen LogP contribution < -0.4 is 10.6 Å². The Morgan fingerprint density at radius 2 is 1.81 bits per heavy atom. The third-order valence-corrected chi connectivity index (χ3v) is 7.42. The summed E-state index contributed by atoms with van der Waals surface area (Å²) in [5, 5.41) is 6.13. The van der Waals surface area contributed by atoms with Gasteiger partial charge in [-0.25, -0.2) is 4.79 Å². The quantitative estimate of drug-likeness (QED) is 0.619. The van der Waals surface area contributed by atoms with Crippen LogP contribution in [0.15, 0.2) is 0 Å². The third-order valence-electron chi connectivity index (χ3n) is 6.29. The van der Waals surface area contributed by atoms with Gasteiger partial charge in [-0.15, -0.1) is 11.3 Å². The first-order valence-electron chi connectivity index (χ1n) is 11.0. The van der Waals surface area contributed by atoms with E-state index in [0.717, 1.165) is 62.4 Å². The number of hydrogen-bond donors (Lipinski definition) is 2. The van der Waals surface area contributed by atoms with Crippen LogP contribution in [0.2, 0.25) is 0 Å². The molecule has 2 N–H and O–H groups in total.